The van der Waals surface area contributed by atoms with Crippen molar-refractivity contribution in [1.29, 1.82) is 0 Å². The van der Waals surface area contributed by atoms with Gasteiger partial charge in [-0.25, -0.2) is 10.4 Å². The van der Waals surface area contributed by atoms with Gasteiger partial charge in [-0.2, -0.15) is 5.10 Å². The van der Waals surface area contributed by atoms with Crippen LogP contribution in [0, 0.1) is 0 Å². The van der Waals surface area contributed by atoms with Crippen LogP contribution in [-0.2, 0) is 11.4 Å². The highest BCUT2D eigenvalue weighted by Gasteiger charge is 2.09. The van der Waals surface area contributed by atoms with Gasteiger partial charge in [0.2, 0.25) is 0 Å². The highest BCUT2D eigenvalue weighted by atomic mass is 35.5. The van der Waals surface area contributed by atoms with Crippen molar-refractivity contribution in [3.05, 3.63) is 94.3 Å². The summed E-state index contributed by atoms with van der Waals surface area (Å²) in [6.45, 7) is 2.72. The number of thiazole rings is 1. The molecule has 0 aliphatic rings. The lowest BCUT2D eigenvalue weighted by molar-refractivity contribution is -0.118. The Morgan fingerprint density at radius 1 is 1.08 bits per heavy atom. The normalized spacial score (nSPS) is 10.9. The fourth-order valence-corrected chi connectivity index (χ4v) is 4.98. The first kappa shape index (κ1) is 25.8. The summed E-state index contributed by atoms with van der Waals surface area (Å²) in [7, 11) is 0. The Hall–Kier alpha value is -3.33. The number of thioether (sulfide) groups is 1. The van der Waals surface area contributed by atoms with Crippen LogP contribution < -0.4 is 14.9 Å². The van der Waals surface area contributed by atoms with Gasteiger partial charge >= 0.3 is 0 Å². The molecule has 0 aliphatic carbocycles. The quantitative estimate of drug-likeness (QED) is 0.131. The Bertz CT molecular complexity index is 1330. The zero-order valence-corrected chi connectivity index (χ0v) is 21.9. The average Bonchev–Trinajstić information content (AvgIpc) is 3.38. The molecule has 4 rings (SSSR count). The number of benzene rings is 3. The van der Waals surface area contributed by atoms with Crippen molar-refractivity contribution in [3.8, 4) is 22.8 Å². The Morgan fingerprint density at radius 3 is 2.69 bits per heavy atom. The zero-order chi connectivity index (χ0) is 25.2. The average molecular weight is 538 g/mol. The molecule has 4 aromatic rings. The van der Waals surface area contributed by atoms with Crippen LogP contribution in [0.5, 0.6) is 11.5 Å². The minimum Gasteiger partial charge on any atom is -0.490 e. The SMILES string of the molecule is CCOc1cc(/C=N/NC(=O)CSc2nc(-c3ccccc3)cs2)ccc1OCc1ccccc1Cl. The van der Waals surface area contributed by atoms with Crippen molar-refractivity contribution in [2.24, 2.45) is 5.10 Å². The molecule has 0 radical (unpaired) electrons. The Labute approximate surface area is 223 Å². The van der Waals surface area contributed by atoms with E-state index < -0.39 is 0 Å². The maximum atomic E-state index is 12.2. The Morgan fingerprint density at radius 2 is 1.89 bits per heavy atom. The summed E-state index contributed by atoms with van der Waals surface area (Å²) in [4.78, 5) is 16.8. The minimum atomic E-state index is -0.211. The van der Waals surface area contributed by atoms with E-state index in [9.17, 15) is 4.79 Å². The van der Waals surface area contributed by atoms with Crippen molar-refractivity contribution in [3.63, 3.8) is 0 Å². The van der Waals surface area contributed by atoms with E-state index in [4.69, 9.17) is 21.1 Å². The Balaban J connectivity index is 1.29. The first-order chi connectivity index (χ1) is 17.6. The van der Waals surface area contributed by atoms with Crippen molar-refractivity contribution in [1.82, 2.24) is 10.4 Å². The number of ether oxygens (including phenoxy) is 2. The number of hydrogen-bond acceptors (Lipinski definition) is 7. The molecule has 6 nitrogen and oxygen atoms in total. The van der Waals surface area contributed by atoms with Gasteiger partial charge in [-0.1, -0.05) is 71.9 Å². The van der Waals surface area contributed by atoms with E-state index in [1.165, 1.54) is 23.1 Å². The third-order valence-electron chi connectivity index (χ3n) is 4.89. The van der Waals surface area contributed by atoms with Crippen molar-refractivity contribution < 1.29 is 14.3 Å². The molecule has 0 atom stereocenters. The molecule has 1 heterocycles. The smallest absolute Gasteiger partial charge is 0.250 e. The number of aromatic nitrogens is 1. The lowest BCUT2D eigenvalue weighted by atomic mass is 10.2. The molecule has 0 spiro atoms. The van der Waals surface area contributed by atoms with Crippen LogP contribution in [0.4, 0.5) is 0 Å². The van der Waals surface area contributed by atoms with E-state index in [-0.39, 0.29) is 11.7 Å². The van der Waals surface area contributed by atoms with Crippen LogP contribution in [0.2, 0.25) is 5.02 Å². The molecular weight excluding hydrogens is 514 g/mol. The molecule has 1 N–H and O–H groups in total. The number of hydrazone groups is 1. The zero-order valence-electron chi connectivity index (χ0n) is 19.5. The second kappa shape index (κ2) is 13.1. The number of nitrogens with zero attached hydrogens (tertiary/aromatic N) is 2. The van der Waals surface area contributed by atoms with Gasteiger partial charge in [0.1, 0.15) is 6.61 Å². The standard InChI is InChI=1S/C27H24ClN3O3S2/c1-2-33-25-14-19(12-13-24(25)34-16-21-10-6-7-11-22(21)28)15-29-31-26(32)18-36-27-30-23(17-35-27)20-8-4-3-5-9-20/h3-15,17H,2,16,18H2,1H3,(H,31,32)/b29-15+. The fourth-order valence-electron chi connectivity index (χ4n) is 3.17. The third-order valence-corrected chi connectivity index (χ3v) is 7.28. The number of halogens is 1. The summed E-state index contributed by atoms with van der Waals surface area (Å²) < 4.78 is 12.5. The van der Waals surface area contributed by atoms with Crippen LogP contribution >= 0.6 is 34.7 Å². The minimum absolute atomic E-state index is 0.211. The summed E-state index contributed by atoms with van der Waals surface area (Å²) >= 11 is 9.12. The first-order valence-electron chi connectivity index (χ1n) is 11.2. The molecular formula is C27H24ClN3O3S2. The monoisotopic (exact) mass is 537 g/mol. The number of carbonyl (C=O) groups excluding carboxylic acids is 1. The molecule has 0 saturated heterocycles. The first-order valence-corrected chi connectivity index (χ1v) is 13.5. The van der Waals surface area contributed by atoms with Crippen LogP contribution in [0.25, 0.3) is 11.3 Å². The second-order valence-electron chi connectivity index (χ2n) is 7.47. The van der Waals surface area contributed by atoms with Gasteiger partial charge in [-0.3, -0.25) is 4.79 Å². The molecule has 1 aromatic heterocycles. The van der Waals surface area contributed by atoms with E-state index in [0.29, 0.717) is 29.7 Å². The lowest BCUT2D eigenvalue weighted by Crippen LogP contribution is -2.19. The predicted molar refractivity (Wildman–Crippen MR) is 147 cm³/mol. The summed E-state index contributed by atoms with van der Waals surface area (Å²) in [6.07, 6.45) is 1.57. The van der Waals surface area contributed by atoms with Gasteiger partial charge < -0.3 is 9.47 Å². The molecule has 1 amide bonds. The largest absolute Gasteiger partial charge is 0.490 e. The van der Waals surface area contributed by atoms with E-state index in [2.05, 4.69) is 15.5 Å². The van der Waals surface area contributed by atoms with Crippen LogP contribution in [-0.4, -0.2) is 29.5 Å². The van der Waals surface area contributed by atoms with Crippen molar-refractivity contribution >= 4 is 46.8 Å². The number of rotatable bonds is 11. The van der Waals surface area contributed by atoms with Gasteiger partial charge in [0.25, 0.3) is 5.91 Å². The second-order valence-corrected chi connectivity index (χ2v) is 9.95. The summed E-state index contributed by atoms with van der Waals surface area (Å²) in [5.74, 6) is 1.21. The van der Waals surface area contributed by atoms with Gasteiger partial charge in [-0.05, 0) is 36.8 Å². The highest BCUT2D eigenvalue weighted by Crippen LogP contribution is 2.30. The predicted octanol–water partition coefficient (Wildman–Crippen LogP) is 6.68. The molecule has 36 heavy (non-hydrogen) atoms. The Kier molecular flexibility index (Phi) is 9.38. The van der Waals surface area contributed by atoms with E-state index in [1.807, 2.05) is 85.1 Å². The molecule has 9 heteroatoms. The maximum absolute atomic E-state index is 12.2. The van der Waals surface area contributed by atoms with Crippen LogP contribution in [0.3, 0.4) is 0 Å². The molecule has 0 fully saturated rings. The van der Waals surface area contributed by atoms with Crippen molar-refractivity contribution in [2.75, 3.05) is 12.4 Å². The molecule has 0 bridgehead atoms. The third kappa shape index (κ3) is 7.34. The molecule has 184 valence electrons. The van der Waals surface area contributed by atoms with E-state index in [1.54, 1.807) is 6.21 Å². The number of carbonyl (C=O) groups is 1. The van der Waals surface area contributed by atoms with Crippen LogP contribution in [0.1, 0.15) is 18.1 Å². The number of amides is 1. The van der Waals surface area contributed by atoms with Gasteiger partial charge in [-0.15, -0.1) is 11.3 Å². The van der Waals surface area contributed by atoms with Gasteiger partial charge in [0.15, 0.2) is 15.8 Å². The van der Waals surface area contributed by atoms with E-state index >= 15 is 0 Å². The van der Waals surface area contributed by atoms with Gasteiger partial charge in [0, 0.05) is 21.5 Å². The highest BCUT2D eigenvalue weighted by molar-refractivity contribution is 8.01. The molecule has 0 unspecified atom stereocenters. The molecule has 3 aromatic carbocycles. The number of hydrogen-bond donors (Lipinski definition) is 1. The van der Waals surface area contributed by atoms with Crippen LogP contribution in [0.15, 0.2) is 87.6 Å². The van der Waals surface area contributed by atoms with Gasteiger partial charge in [0.05, 0.1) is 24.3 Å². The lowest BCUT2D eigenvalue weighted by Gasteiger charge is -2.13. The maximum Gasteiger partial charge on any atom is 0.250 e. The number of nitrogens with one attached hydrogen (secondary N) is 1. The summed E-state index contributed by atoms with van der Waals surface area (Å²) in [6, 6.07) is 23.0. The summed E-state index contributed by atoms with van der Waals surface area (Å²) in [5.41, 5.74) is 6.18. The molecule has 0 aliphatic heterocycles. The summed E-state index contributed by atoms with van der Waals surface area (Å²) in [5, 5.41) is 6.72. The topological polar surface area (TPSA) is 72.8 Å². The van der Waals surface area contributed by atoms with E-state index in [0.717, 1.165) is 26.7 Å². The van der Waals surface area contributed by atoms with Crippen molar-refractivity contribution in [2.45, 2.75) is 17.9 Å². The fraction of sp³-hybridized carbons (Fsp3) is 0.148. The molecule has 0 saturated carbocycles.